The lowest BCUT2D eigenvalue weighted by molar-refractivity contribution is 0.283. The number of ether oxygens (including phenoxy) is 2. The van der Waals surface area contributed by atoms with E-state index in [-0.39, 0.29) is 6.04 Å². The maximum Gasteiger partial charge on any atom is 0.161 e. The summed E-state index contributed by atoms with van der Waals surface area (Å²) >= 11 is 0. The molecule has 0 saturated heterocycles. The Bertz CT molecular complexity index is 1470. The molecule has 3 aromatic carbocycles. The molecule has 1 aromatic heterocycles. The Morgan fingerprint density at radius 3 is 2.68 bits per heavy atom. The molecule has 1 unspecified atom stereocenters. The second-order valence-electron chi connectivity index (χ2n) is 9.16. The van der Waals surface area contributed by atoms with E-state index < -0.39 is 0 Å². The van der Waals surface area contributed by atoms with Gasteiger partial charge in [-0.1, -0.05) is 60.7 Å². The minimum atomic E-state index is 0.0800. The minimum absolute atomic E-state index is 0.0800. The van der Waals surface area contributed by atoms with Crippen LogP contribution in [0.25, 0.3) is 17.2 Å². The van der Waals surface area contributed by atoms with Crippen molar-refractivity contribution >= 4 is 6.08 Å². The van der Waals surface area contributed by atoms with Crippen LogP contribution in [0.15, 0.2) is 85.2 Å². The second-order valence-corrected chi connectivity index (χ2v) is 9.16. The number of pyridine rings is 1. The fourth-order valence-electron chi connectivity index (χ4n) is 4.68. The Balaban J connectivity index is 1.36. The first kappa shape index (κ1) is 24.3. The number of hydrogen-bond acceptors (Lipinski definition) is 5. The second kappa shape index (κ2) is 11.1. The van der Waals surface area contributed by atoms with Crippen LogP contribution in [0.5, 0.6) is 11.5 Å². The fourth-order valence-corrected chi connectivity index (χ4v) is 4.68. The zero-order chi connectivity index (χ0) is 25.6. The summed E-state index contributed by atoms with van der Waals surface area (Å²) in [5.41, 5.74) is 8.47. The standard InChI is InChI=1S/C32H29N3O2/c1-22-14-26(28-15-24(18-33)19-34-20-28)9-8-25(22)10-11-30-29-17-31(36-2)32(16-27(29)12-13-35-30)37-21-23-6-4-3-5-7-23/h3-11,14-17,19-20,30,35H,12-13,21H2,1-2H3/b11-10+. The number of fused-ring (bicyclic) bond motifs is 1. The molecule has 37 heavy (non-hydrogen) atoms. The fraction of sp³-hybridized carbons (Fsp3) is 0.188. The summed E-state index contributed by atoms with van der Waals surface area (Å²) in [5.74, 6) is 1.52. The van der Waals surface area contributed by atoms with E-state index in [1.165, 1.54) is 11.1 Å². The summed E-state index contributed by atoms with van der Waals surface area (Å²) in [5, 5.41) is 12.8. The van der Waals surface area contributed by atoms with Crippen LogP contribution in [0.2, 0.25) is 0 Å². The van der Waals surface area contributed by atoms with Gasteiger partial charge >= 0.3 is 0 Å². The highest BCUT2D eigenvalue weighted by atomic mass is 16.5. The van der Waals surface area contributed by atoms with Crippen LogP contribution in [0.1, 0.15) is 39.4 Å². The van der Waals surface area contributed by atoms with E-state index in [0.717, 1.165) is 52.3 Å². The molecule has 1 aliphatic heterocycles. The van der Waals surface area contributed by atoms with Gasteiger partial charge in [0.25, 0.3) is 0 Å². The molecule has 1 aliphatic rings. The van der Waals surface area contributed by atoms with Crippen LogP contribution in [0, 0.1) is 18.3 Å². The summed E-state index contributed by atoms with van der Waals surface area (Å²) in [7, 11) is 1.69. The number of benzene rings is 3. The SMILES string of the molecule is COc1cc2c(cc1OCc1ccccc1)CCNC2/C=C/c1ccc(-c2cncc(C#N)c2)cc1C. The molecule has 1 N–H and O–H groups in total. The molecule has 5 heteroatoms. The molecule has 2 heterocycles. The Labute approximate surface area is 218 Å². The van der Waals surface area contributed by atoms with Gasteiger partial charge in [-0.2, -0.15) is 5.26 Å². The van der Waals surface area contributed by atoms with Crippen LogP contribution in [-0.2, 0) is 13.0 Å². The van der Waals surface area contributed by atoms with Crippen LogP contribution < -0.4 is 14.8 Å². The normalized spacial score (nSPS) is 14.7. The van der Waals surface area contributed by atoms with Gasteiger partial charge in [0.15, 0.2) is 11.5 Å². The third-order valence-electron chi connectivity index (χ3n) is 6.70. The molecule has 1 atom stereocenters. The molecule has 0 fully saturated rings. The predicted molar refractivity (Wildman–Crippen MR) is 146 cm³/mol. The first-order chi connectivity index (χ1) is 18.1. The zero-order valence-corrected chi connectivity index (χ0v) is 21.1. The van der Waals surface area contributed by atoms with Gasteiger partial charge in [0, 0.05) is 24.5 Å². The number of nitrogens with one attached hydrogen (secondary N) is 1. The molecule has 0 saturated carbocycles. The van der Waals surface area contributed by atoms with Crippen LogP contribution in [-0.4, -0.2) is 18.6 Å². The average molecular weight is 488 g/mol. The molecule has 184 valence electrons. The van der Waals surface area contributed by atoms with Crippen LogP contribution >= 0.6 is 0 Å². The van der Waals surface area contributed by atoms with Crippen LogP contribution in [0.3, 0.4) is 0 Å². The molecule has 5 rings (SSSR count). The first-order valence-electron chi connectivity index (χ1n) is 12.4. The first-order valence-corrected chi connectivity index (χ1v) is 12.4. The molecule has 5 nitrogen and oxygen atoms in total. The van der Waals surface area contributed by atoms with E-state index in [9.17, 15) is 5.26 Å². The quantitative estimate of drug-likeness (QED) is 0.326. The third-order valence-corrected chi connectivity index (χ3v) is 6.70. The van der Waals surface area contributed by atoms with Crippen molar-refractivity contribution in [1.82, 2.24) is 10.3 Å². The minimum Gasteiger partial charge on any atom is -0.493 e. The van der Waals surface area contributed by atoms with Gasteiger partial charge in [-0.15, -0.1) is 0 Å². The van der Waals surface area contributed by atoms with E-state index >= 15 is 0 Å². The van der Waals surface area contributed by atoms with Crippen molar-refractivity contribution in [2.45, 2.75) is 26.0 Å². The highest BCUT2D eigenvalue weighted by Crippen LogP contribution is 2.36. The summed E-state index contributed by atoms with van der Waals surface area (Å²) in [6.07, 6.45) is 8.69. The van der Waals surface area contributed by atoms with Gasteiger partial charge in [0.1, 0.15) is 12.7 Å². The molecular weight excluding hydrogens is 458 g/mol. The third kappa shape index (κ3) is 5.55. The molecular formula is C32H29N3O2. The Hall–Kier alpha value is -4.40. The Kier molecular flexibility index (Phi) is 7.30. The maximum absolute atomic E-state index is 9.17. The van der Waals surface area contributed by atoms with E-state index in [0.29, 0.717) is 12.2 Å². The number of rotatable bonds is 7. The molecule has 0 amide bonds. The van der Waals surface area contributed by atoms with Crippen molar-refractivity contribution in [3.8, 4) is 28.7 Å². The number of nitriles is 1. The highest BCUT2D eigenvalue weighted by Gasteiger charge is 2.21. The van der Waals surface area contributed by atoms with Crippen molar-refractivity contribution in [3.05, 3.63) is 119 Å². The van der Waals surface area contributed by atoms with E-state index in [1.54, 1.807) is 19.5 Å². The van der Waals surface area contributed by atoms with Crippen molar-refractivity contribution in [2.75, 3.05) is 13.7 Å². The van der Waals surface area contributed by atoms with Crippen molar-refractivity contribution in [3.63, 3.8) is 0 Å². The van der Waals surface area contributed by atoms with Gasteiger partial charge in [0.05, 0.1) is 18.7 Å². The van der Waals surface area contributed by atoms with Crippen molar-refractivity contribution in [1.29, 1.82) is 5.26 Å². The summed E-state index contributed by atoms with van der Waals surface area (Å²) < 4.78 is 11.8. The maximum atomic E-state index is 9.17. The lowest BCUT2D eigenvalue weighted by Gasteiger charge is -2.26. The molecule has 0 aliphatic carbocycles. The average Bonchev–Trinajstić information content (AvgIpc) is 2.95. The predicted octanol–water partition coefficient (Wildman–Crippen LogP) is 6.42. The Morgan fingerprint density at radius 2 is 1.89 bits per heavy atom. The zero-order valence-electron chi connectivity index (χ0n) is 21.1. The monoisotopic (exact) mass is 487 g/mol. The van der Waals surface area contributed by atoms with E-state index in [2.05, 4.69) is 77.9 Å². The van der Waals surface area contributed by atoms with Crippen molar-refractivity contribution < 1.29 is 9.47 Å². The van der Waals surface area contributed by atoms with Gasteiger partial charge in [0.2, 0.25) is 0 Å². The van der Waals surface area contributed by atoms with Gasteiger partial charge in [-0.05, 0) is 64.9 Å². The van der Waals surface area contributed by atoms with Crippen LogP contribution in [0.4, 0.5) is 0 Å². The largest absolute Gasteiger partial charge is 0.493 e. The number of methoxy groups -OCH3 is 1. The number of aryl methyl sites for hydroxylation is 1. The molecule has 4 aromatic rings. The summed E-state index contributed by atoms with van der Waals surface area (Å²) in [6.45, 7) is 3.50. The number of hydrogen-bond donors (Lipinski definition) is 1. The number of nitrogens with zero attached hydrogens (tertiary/aromatic N) is 2. The molecule has 0 bridgehead atoms. The van der Waals surface area contributed by atoms with Crippen molar-refractivity contribution in [2.24, 2.45) is 0 Å². The number of aromatic nitrogens is 1. The molecule has 0 spiro atoms. The smallest absolute Gasteiger partial charge is 0.161 e. The van der Waals surface area contributed by atoms with E-state index in [1.807, 2.05) is 24.3 Å². The Morgan fingerprint density at radius 1 is 1.03 bits per heavy atom. The van der Waals surface area contributed by atoms with Gasteiger partial charge in [-0.25, -0.2) is 0 Å². The highest BCUT2D eigenvalue weighted by molar-refractivity contribution is 5.68. The summed E-state index contributed by atoms with van der Waals surface area (Å²) in [4.78, 5) is 4.19. The van der Waals surface area contributed by atoms with E-state index in [4.69, 9.17) is 9.47 Å². The summed E-state index contributed by atoms with van der Waals surface area (Å²) in [6, 6.07) is 24.8. The topological polar surface area (TPSA) is 67.2 Å². The van der Waals surface area contributed by atoms with Gasteiger partial charge < -0.3 is 14.8 Å². The lowest BCUT2D eigenvalue weighted by Crippen LogP contribution is -2.28. The molecule has 0 radical (unpaired) electrons. The van der Waals surface area contributed by atoms with Gasteiger partial charge in [-0.3, -0.25) is 4.98 Å². The lowest BCUT2D eigenvalue weighted by atomic mass is 9.92.